The molecule has 1 N–H and O–H groups in total. The Morgan fingerprint density at radius 2 is 1.79 bits per heavy atom. The van der Waals surface area contributed by atoms with E-state index in [4.69, 9.17) is 14.6 Å². The molecule has 0 aliphatic rings. The first-order valence-corrected chi connectivity index (χ1v) is 5.44. The van der Waals surface area contributed by atoms with Crippen LogP contribution in [0.15, 0.2) is 15.0 Å². The Morgan fingerprint density at radius 1 is 1.21 bits per heavy atom. The number of aliphatic hydroxyl groups excluding tert-OH is 1. The first-order valence-electron chi connectivity index (χ1n) is 3.85. The van der Waals surface area contributed by atoms with Crippen LogP contribution >= 0.6 is 31.9 Å². The van der Waals surface area contributed by atoms with Crippen molar-refractivity contribution in [3.8, 4) is 11.5 Å². The van der Waals surface area contributed by atoms with E-state index in [9.17, 15) is 0 Å². The van der Waals surface area contributed by atoms with Crippen molar-refractivity contribution < 1.29 is 14.6 Å². The maximum atomic E-state index is 9.10. The smallest absolute Gasteiger partial charge is 0.151 e. The van der Waals surface area contributed by atoms with E-state index in [0.29, 0.717) is 21.5 Å². The highest BCUT2D eigenvalue weighted by Crippen LogP contribution is 2.42. The summed E-state index contributed by atoms with van der Waals surface area (Å²) >= 11 is 6.69. The van der Waals surface area contributed by atoms with Crippen molar-refractivity contribution in [1.82, 2.24) is 0 Å². The van der Waals surface area contributed by atoms with E-state index in [1.54, 1.807) is 20.3 Å². The van der Waals surface area contributed by atoms with Crippen LogP contribution in [0.3, 0.4) is 0 Å². The number of ether oxygens (including phenoxy) is 2. The molecule has 0 heterocycles. The molecule has 0 radical (unpaired) electrons. The molecule has 0 aromatic heterocycles. The van der Waals surface area contributed by atoms with Crippen LogP contribution in [0, 0.1) is 0 Å². The third-order valence-corrected chi connectivity index (χ3v) is 3.10. The van der Waals surface area contributed by atoms with Gasteiger partial charge in [-0.15, -0.1) is 0 Å². The zero-order valence-corrected chi connectivity index (χ0v) is 11.0. The van der Waals surface area contributed by atoms with Crippen LogP contribution in [-0.2, 0) is 6.61 Å². The molecule has 3 nitrogen and oxygen atoms in total. The Labute approximate surface area is 99.3 Å². The Kier molecular flexibility index (Phi) is 4.22. The standard InChI is InChI=1S/C9H10Br2O3/c1-13-8-5(4-12)3-6(10)9(14-2)7(8)11/h3,12H,4H2,1-2H3. The molecule has 0 saturated carbocycles. The largest absolute Gasteiger partial charge is 0.495 e. The number of halogens is 2. The van der Waals surface area contributed by atoms with Gasteiger partial charge in [0.15, 0.2) is 5.75 Å². The lowest BCUT2D eigenvalue weighted by atomic mass is 10.2. The zero-order chi connectivity index (χ0) is 10.7. The molecule has 0 unspecified atom stereocenters. The second-order valence-corrected chi connectivity index (χ2v) is 4.20. The average molecular weight is 326 g/mol. The molecule has 0 atom stereocenters. The molecule has 5 heteroatoms. The van der Waals surface area contributed by atoms with Crippen LogP contribution < -0.4 is 9.47 Å². The lowest BCUT2D eigenvalue weighted by Gasteiger charge is -2.13. The summed E-state index contributed by atoms with van der Waals surface area (Å²) in [5, 5.41) is 9.10. The molecule has 14 heavy (non-hydrogen) atoms. The lowest BCUT2D eigenvalue weighted by molar-refractivity contribution is 0.272. The van der Waals surface area contributed by atoms with E-state index in [-0.39, 0.29) is 6.61 Å². The minimum atomic E-state index is -0.0790. The normalized spacial score (nSPS) is 10.1. The molecular weight excluding hydrogens is 316 g/mol. The summed E-state index contributed by atoms with van der Waals surface area (Å²) in [7, 11) is 3.12. The maximum Gasteiger partial charge on any atom is 0.151 e. The van der Waals surface area contributed by atoms with E-state index in [0.717, 1.165) is 4.47 Å². The fraction of sp³-hybridized carbons (Fsp3) is 0.333. The molecule has 1 aromatic carbocycles. The van der Waals surface area contributed by atoms with Crippen molar-refractivity contribution >= 4 is 31.9 Å². The fourth-order valence-electron chi connectivity index (χ4n) is 1.16. The summed E-state index contributed by atoms with van der Waals surface area (Å²) in [6.45, 7) is -0.0790. The first kappa shape index (κ1) is 11.8. The molecule has 0 bridgehead atoms. The van der Waals surface area contributed by atoms with Gasteiger partial charge in [0.2, 0.25) is 0 Å². The highest BCUT2D eigenvalue weighted by Gasteiger charge is 2.15. The molecular formula is C9H10Br2O3. The first-order chi connectivity index (χ1) is 6.65. The lowest BCUT2D eigenvalue weighted by Crippen LogP contribution is -1.96. The fourth-order valence-corrected chi connectivity index (χ4v) is 2.85. The molecule has 0 saturated heterocycles. The topological polar surface area (TPSA) is 38.7 Å². The minimum Gasteiger partial charge on any atom is -0.495 e. The van der Waals surface area contributed by atoms with Crippen LogP contribution in [0.25, 0.3) is 0 Å². The van der Waals surface area contributed by atoms with Gasteiger partial charge in [-0.3, -0.25) is 0 Å². The summed E-state index contributed by atoms with van der Waals surface area (Å²) < 4.78 is 11.8. The molecule has 0 aliphatic heterocycles. The van der Waals surface area contributed by atoms with Gasteiger partial charge < -0.3 is 14.6 Å². The molecule has 78 valence electrons. The van der Waals surface area contributed by atoms with Gasteiger partial charge in [0.25, 0.3) is 0 Å². The van der Waals surface area contributed by atoms with Crippen molar-refractivity contribution in [3.63, 3.8) is 0 Å². The highest BCUT2D eigenvalue weighted by atomic mass is 79.9. The van der Waals surface area contributed by atoms with Gasteiger partial charge in [0, 0.05) is 5.56 Å². The van der Waals surface area contributed by atoms with E-state index in [2.05, 4.69) is 31.9 Å². The van der Waals surface area contributed by atoms with Crippen molar-refractivity contribution in [2.24, 2.45) is 0 Å². The van der Waals surface area contributed by atoms with Gasteiger partial charge in [0.1, 0.15) is 10.2 Å². The summed E-state index contributed by atoms with van der Waals surface area (Å²) in [5.41, 5.74) is 0.701. The van der Waals surface area contributed by atoms with Gasteiger partial charge in [-0.25, -0.2) is 0 Å². The van der Waals surface area contributed by atoms with Crippen LogP contribution in [0.5, 0.6) is 11.5 Å². The summed E-state index contributed by atoms with van der Waals surface area (Å²) in [6.07, 6.45) is 0. The van der Waals surface area contributed by atoms with Crippen LogP contribution in [0.1, 0.15) is 5.56 Å². The number of methoxy groups -OCH3 is 2. The maximum absolute atomic E-state index is 9.10. The number of hydrogen-bond acceptors (Lipinski definition) is 3. The quantitative estimate of drug-likeness (QED) is 0.928. The van der Waals surface area contributed by atoms with Gasteiger partial charge in [0.05, 0.1) is 25.3 Å². The predicted molar refractivity (Wildman–Crippen MR) is 60.9 cm³/mol. The Bertz CT molecular complexity index is 339. The second-order valence-electron chi connectivity index (χ2n) is 2.56. The van der Waals surface area contributed by atoms with Gasteiger partial charge in [-0.05, 0) is 37.9 Å². The molecule has 1 aromatic rings. The molecule has 0 spiro atoms. The zero-order valence-electron chi connectivity index (χ0n) is 7.80. The second kappa shape index (κ2) is 5.00. The summed E-state index contributed by atoms with van der Waals surface area (Å²) in [4.78, 5) is 0. The van der Waals surface area contributed by atoms with Crippen LogP contribution in [-0.4, -0.2) is 19.3 Å². The van der Waals surface area contributed by atoms with Crippen LogP contribution in [0.2, 0.25) is 0 Å². The number of hydrogen-bond donors (Lipinski definition) is 1. The van der Waals surface area contributed by atoms with Crippen molar-refractivity contribution in [2.75, 3.05) is 14.2 Å². The average Bonchev–Trinajstić information content (AvgIpc) is 2.17. The van der Waals surface area contributed by atoms with Crippen molar-refractivity contribution in [2.45, 2.75) is 6.61 Å². The molecule has 0 aliphatic carbocycles. The molecule has 1 rings (SSSR count). The van der Waals surface area contributed by atoms with Gasteiger partial charge >= 0.3 is 0 Å². The van der Waals surface area contributed by atoms with E-state index in [1.807, 2.05) is 0 Å². The Morgan fingerprint density at radius 3 is 2.21 bits per heavy atom. The van der Waals surface area contributed by atoms with Crippen LogP contribution in [0.4, 0.5) is 0 Å². The van der Waals surface area contributed by atoms with Crippen molar-refractivity contribution in [3.05, 3.63) is 20.6 Å². The van der Waals surface area contributed by atoms with E-state index >= 15 is 0 Å². The summed E-state index contributed by atoms with van der Waals surface area (Å²) in [5.74, 6) is 1.24. The predicted octanol–water partition coefficient (Wildman–Crippen LogP) is 2.72. The summed E-state index contributed by atoms with van der Waals surface area (Å²) in [6, 6.07) is 1.77. The number of benzene rings is 1. The Balaban J connectivity index is 3.39. The third-order valence-electron chi connectivity index (χ3n) is 1.79. The van der Waals surface area contributed by atoms with Crippen molar-refractivity contribution in [1.29, 1.82) is 0 Å². The monoisotopic (exact) mass is 324 g/mol. The Hall–Kier alpha value is -0.260. The molecule has 0 fully saturated rings. The van der Waals surface area contributed by atoms with Gasteiger partial charge in [-0.2, -0.15) is 0 Å². The number of rotatable bonds is 3. The molecule has 0 amide bonds. The third kappa shape index (κ3) is 2.04. The number of aliphatic hydroxyl groups is 1. The highest BCUT2D eigenvalue weighted by molar-refractivity contribution is 9.11. The van der Waals surface area contributed by atoms with E-state index in [1.165, 1.54) is 0 Å². The van der Waals surface area contributed by atoms with Gasteiger partial charge in [-0.1, -0.05) is 0 Å². The minimum absolute atomic E-state index is 0.0790. The van der Waals surface area contributed by atoms with E-state index < -0.39 is 0 Å². The SMILES string of the molecule is COc1c(Br)cc(CO)c(OC)c1Br.